The Hall–Kier alpha value is -1.02. The SMILES string of the molecule is COc1ccc(C)cc1C1(O)CCCCC1C(C)C. The second-order valence-electron chi connectivity index (χ2n) is 6.22. The Morgan fingerprint density at radius 2 is 2.05 bits per heavy atom. The predicted octanol–water partition coefficient (Wildman–Crippen LogP) is 4.04. The Labute approximate surface area is 116 Å². The van der Waals surface area contributed by atoms with Crippen LogP contribution in [0.4, 0.5) is 0 Å². The number of aryl methyl sites for hydroxylation is 1. The van der Waals surface area contributed by atoms with Crippen molar-refractivity contribution >= 4 is 0 Å². The minimum absolute atomic E-state index is 0.317. The van der Waals surface area contributed by atoms with Gasteiger partial charge in [0.1, 0.15) is 5.75 Å². The summed E-state index contributed by atoms with van der Waals surface area (Å²) < 4.78 is 5.49. The molecule has 2 nitrogen and oxygen atoms in total. The summed E-state index contributed by atoms with van der Waals surface area (Å²) in [5, 5.41) is 11.3. The highest BCUT2D eigenvalue weighted by atomic mass is 16.5. The molecule has 1 aromatic carbocycles. The molecule has 19 heavy (non-hydrogen) atoms. The summed E-state index contributed by atoms with van der Waals surface area (Å²) in [6, 6.07) is 6.12. The first-order valence-electron chi connectivity index (χ1n) is 7.36. The van der Waals surface area contributed by atoms with Gasteiger partial charge in [-0.15, -0.1) is 0 Å². The summed E-state index contributed by atoms with van der Waals surface area (Å²) in [4.78, 5) is 0. The van der Waals surface area contributed by atoms with Gasteiger partial charge in [-0.3, -0.25) is 0 Å². The number of methoxy groups -OCH3 is 1. The molecule has 0 radical (unpaired) electrons. The van der Waals surface area contributed by atoms with E-state index in [-0.39, 0.29) is 0 Å². The molecular weight excluding hydrogens is 236 g/mol. The third-order valence-corrected chi connectivity index (χ3v) is 4.56. The zero-order chi connectivity index (χ0) is 14.0. The molecule has 106 valence electrons. The maximum atomic E-state index is 11.3. The fourth-order valence-corrected chi connectivity index (χ4v) is 3.56. The molecule has 0 spiro atoms. The number of hydrogen-bond acceptors (Lipinski definition) is 2. The molecule has 0 amide bonds. The summed E-state index contributed by atoms with van der Waals surface area (Å²) in [7, 11) is 1.69. The zero-order valence-corrected chi connectivity index (χ0v) is 12.6. The maximum absolute atomic E-state index is 11.3. The largest absolute Gasteiger partial charge is 0.496 e. The van der Waals surface area contributed by atoms with Gasteiger partial charge in [-0.1, -0.05) is 38.3 Å². The Bertz CT molecular complexity index is 439. The van der Waals surface area contributed by atoms with Crippen molar-refractivity contribution in [3.63, 3.8) is 0 Å². The van der Waals surface area contributed by atoms with Gasteiger partial charge >= 0.3 is 0 Å². The van der Waals surface area contributed by atoms with Crippen LogP contribution in [0.2, 0.25) is 0 Å². The molecule has 0 aromatic heterocycles. The van der Waals surface area contributed by atoms with Gasteiger partial charge in [-0.05, 0) is 43.7 Å². The van der Waals surface area contributed by atoms with Gasteiger partial charge in [0.25, 0.3) is 0 Å². The summed E-state index contributed by atoms with van der Waals surface area (Å²) in [5.74, 6) is 1.62. The summed E-state index contributed by atoms with van der Waals surface area (Å²) in [6.45, 7) is 6.49. The molecular formula is C17H26O2. The van der Waals surface area contributed by atoms with E-state index in [1.54, 1.807) is 7.11 Å². The average Bonchev–Trinajstić information content (AvgIpc) is 2.38. The van der Waals surface area contributed by atoms with Gasteiger partial charge in [0, 0.05) is 5.56 Å². The van der Waals surface area contributed by atoms with Gasteiger partial charge < -0.3 is 9.84 Å². The van der Waals surface area contributed by atoms with E-state index < -0.39 is 5.60 Å². The van der Waals surface area contributed by atoms with Crippen LogP contribution >= 0.6 is 0 Å². The third-order valence-electron chi connectivity index (χ3n) is 4.56. The lowest BCUT2D eigenvalue weighted by atomic mass is 9.67. The Balaban J connectivity index is 2.49. The van der Waals surface area contributed by atoms with Crippen molar-refractivity contribution in [2.24, 2.45) is 11.8 Å². The van der Waals surface area contributed by atoms with Crippen LogP contribution in [0.5, 0.6) is 5.75 Å². The molecule has 1 saturated carbocycles. The van der Waals surface area contributed by atoms with Gasteiger partial charge in [-0.2, -0.15) is 0 Å². The first-order chi connectivity index (χ1) is 8.99. The van der Waals surface area contributed by atoms with Crippen molar-refractivity contribution < 1.29 is 9.84 Å². The Kier molecular flexibility index (Phi) is 4.19. The van der Waals surface area contributed by atoms with Gasteiger partial charge in [0.2, 0.25) is 0 Å². The van der Waals surface area contributed by atoms with Crippen molar-refractivity contribution in [1.29, 1.82) is 0 Å². The van der Waals surface area contributed by atoms with E-state index in [2.05, 4.69) is 26.8 Å². The second-order valence-corrected chi connectivity index (χ2v) is 6.22. The van der Waals surface area contributed by atoms with Crippen molar-refractivity contribution in [2.75, 3.05) is 7.11 Å². The van der Waals surface area contributed by atoms with Crippen molar-refractivity contribution in [1.82, 2.24) is 0 Å². The molecule has 1 N–H and O–H groups in total. The Morgan fingerprint density at radius 3 is 2.68 bits per heavy atom. The van der Waals surface area contributed by atoms with E-state index in [9.17, 15) is 5.11 Å². The third kappa shape index (κ3) is 2.64. The molecule has 0 aliphatic heterocycles. The van der Waals surface area contributed by atoms with E-state index in [1.807, 2.05) is 12.1 Å². The predicted molar refractivity (Wildman–Crippen MR) is 78.4 cm³/mol. The van der Waals surface area contributed by atoms with Gasteiger partial charge in [0.15, 0.2) is 0 Å². The lowest BCUT2D eigenvalue weighted by molar-refractivity contribution is -0.0734. The minimum Gasteiger partial charge on any atom is -0.496 e. The maximum Gasteiger partial charge on any atom is 0.124 e. The number of aliphatic hydroxyl groups is 1. The zero-order valence-electron chi connectivity index (χ0n) is 12.6. The molecule has 2 heteroatoms. The van der Waals surface area contributed by atoms with Crippen molar-refractivity contribution in [3.05, 3.63) is 29.3 Å². The summed E-state index contributed by atoms with van der Waals surface area (Å²) in [6.07, 6.45) is 4.26. The number of benzene rings is 1. The first-order valence-corrected chi connectivity index (χ1v) is 7.36. The van der Waals surface area contributed by atoms with Gasteiger partial charge in [-0.25, -0.2) is 0 Å². The van der Waals surface area contributed by atoms with Crippen LogP contribution in [0.3, 0.4) is 0 Å². The molecule has 2 atom stereocenters. The number of ether oxygens (including phenoxy) is 1. The molecule has 1 aromatic rings. The van der Waals surface area contributed by atoms with Crippen LogP contribution in [0, 0.1) is 18.8 Å². The van der Waals surface area contributed by atoms with Crippen LogP contribution in [0.15, 0.2) is 18.2 Å². The van der Waals surface area contributed by atoms with E-state index in [0.717, 1.165) is 30.6 Å². The van der Waals surface area contributed by atoms with E-state index >= 15 is 0 Å². The topological polar surface area (TPSA) is 29.5 Å². The van der Waals surface area contributed by atoms with Gasteiger partial charge in [0.05, 0.1) is 12.7 Å². The molecule has 2 rings (SSSR count). The molecule has 1 aliphatic rings. The van der Waals surface area contributed by atoms with E-state index in [4.69, 9.17) is 4.74 Å². The minimum atomic E-state index is -0.732. The van der Waals surface area contributed by atoms with Crippen LogP contribution in [-0.2, 0) is 5.60 Å². The van der Waals surface area contributed by atoms with Crippen LogP contribution in [0.25, 0.3) is 0 Å². The van der Waals surface area contributed by atoms with E-state index in [0.29, 0.717) is 11.8 Å². The summed E-state index contributed by atoms with van der Waals surface area (Å²) in [5.41, 5.74) is 1.43. The van der Waals surface area contributed by atoms with Crippen molar-refractivity contribution in [2.45, 2.75) is 52.1 Å². The highest BCUT2D eigenvalue weighted by Crippen LogP contribution is 2.48. The standard InChI is InChI=1S/C17H26O2/c1-12(2)14-7-5-6-10-17(14,18)15-11-13(3)8-9-16(15)19-4/h8-9,11-12,14,18H,5-7,10H2,1-4H3. The number of rotatable bonds is 3. The number of hydrogen-bond donors (Lipinski definition) is 1. The normalized spacial score (nSPS) is 27.6. The Morgan fingerprint density at radius 1 is 1.32 bits per heavy atom. The quantitative estimate of drug-likeness (QED) is 0.891. The monoisotopic (exact) mass is 262 g/mol. The fourth-order valence-electron chi connectivity index (χ4n) is 3.56. The fraction of sp³-hybridized carbons (Fsp3) is 0.647. The highest BCUT2D eigenvalue weighted by molar-refractivity contribution is 5.41. The van der Waals surface area contributed by atoms with Crippen LogP contribution in [-0.4, -0.2) is 12.2 Å². The lowest BCUT2D eigenvalue weighted by Gasteiger charge is -2.43. The molecule has 1 fully saturated rings. The second kappa shape index (κ2) is 5.54. The average molecular weight is 262 g/mol. The smallest absolute Gasteiger partial charge is 0.124 e. The van der Waals surface area contributed by atoms with Crippen LogP contribution in [0.1, 0.15) is 50.7 Å². The van der Waals surface area contributed by atoms with Crippen molar-refractivity contribution in [3.8, 4) is 5.75 Å². The highest BCUT2D eigenvalue weighted by Gasteiger charge is 2.43. The van der Waals surface area contributed by atoms with E-state index in [1.165, 1.54) is 12.0 Å². The molecule has 0 saturated heterocycles. The lowest BCUT2D eigenvalue weighted by Crippen LogP contribution is -2.41. The molecule has 0 bridgehead atoms. The molecule has 2 unspecified atom stereocenters. The van der Waals surface area contributed by atoms with Crippen LogP contribution < -0.4 is 4.74 Å². The molecule has 1 aliphatic carbocycles. The molecule has 0 heterocycles. The first kappa shape index (κ1) is 14.4. The summed E-state index contributed by atoms with van der Waals surface area (Å²) >= 11 is 0.